The van der Waals surface area contributed by atoms with Gasteiger partial charge in [-0.3, -0.25) is 9.59 Å². The van der Waals surface area contributed by atoms with Crippen molar-refractivity contribution in [1.82, 2.24) is 10.3 Å². The van der Waals surface area contributed by atoms with Crippen LogP contribution in [0.1, 0.15) is 16.8 Å². The van der Waals surface area contributed by atoms with E-state index in [1.54, 1.807) is 0 Å². The van der Waals surface area contributed by atoms with E-state index in [9.17, 15) is 14.4 Å². The largest absolute Gasteiger partial charge is 0.481 e. The molecule has 9 heteroatoms. The molecule has 0 spiro atoms. The first-order valence-corrected chi connectivity index (χ1v) is 5.63. The number of halogens is 2. The van der Waals surface area contributed by atoms with Crippen molar-refractivity contribution in [2.24, 2.45) is 0 Å². The van der Waals surface area contributed by atoms with Crippen LogP contribution in [0.25, 0.3) is 0 Å². The van der Waals surface area contributed by atoms with Crippen molar-refractivity contribution in [3.05, 3.63) is 28.0 Å². The summed E-state index contributed by atoms with van der Waals surface area (Å²) in [5.41, 5.74) is -0.0849. The molecule has 1 amide bonds. The summed E-state index contributed by atoms with van der Waals surface area (Å²) in [6.45, 7) is 0. The molecule has 0 bridgehead atoms. The van der Waals surface area contributed by atoms with Crippen LogP contribution in [0.3, 0.4) is 0 Å². The lowest BCUT2D eigenvalue weighted by atomic mass is 10.2. The van der Waals surface area contributed by atoms with E-state index in [0.29, 0.717) is 0 Å². The molecule has 0 fully saturated rings. The molecular weight excluding hydrogens is 299 g/mol. The number of aromatic nitrogens is 1. The minimum Gasteiger partial charge on any atom is -0.481 e. The molecule has 0 aliphatic carbocycles. The van der Waals surface area contributed by atoms with Crippen molar-refractivity contribution in [3.8, 4) is 0 Å². The Morgan fingerprint density at radius 2 is 1.95 bits per heavy atom. The van der Waals surface area contributed by atoms with Crippen LogP contribution in [0, 0.1) is 0 Å². The molecular formula is C10H8Cl2N2O5. The molecule has 3 N–H and O–H groups in total. The summed E-state index contributed by atoms with van der Waals surface area (Å²) in [4.78, 5) is 36.7. The minimum atomic E-state index is -1.56. The molecule has 1 rings (SSSR count). The summed E-state index contributed by atoms with van der Waals surface area (Å²) in [5, 5.41) is 19.4. The van der Waals surface area contributed by atoms with Gasteiger partial charge >= 0.3 is 11.9 Å². The van der Waals surface area contributed by atoms with Gasteiger partial charge in [-0.1, -0.05) is 23.2 Å². The Bertz CT molecular complexity index is 535. The third-order valence-electron chi connectivity index (χ3n) is 2.05. The number of carbonyl (C=O) groups is 3. The number of carbonyl (C=O) groups excluding carboxylic acids is 1. The maximum absolute atomic E-state index is 11.8. The first kappa shape index (κ1) is 15.2. The van der Waals surface area contributed by atoms with Crippen molar-refractivity contribution in [2.75, 3.05) is 0 Å². The quantitative estimate of drug-likeness (QED) is 0.700. The smallest absolute Gasteiger partial charge is 0.326 e. The molecule has 102 valence electrons. The maximum atomic E-state index is 11.8. The Labute approximate surface area is 117 Å². The molecule has 1 atom stereocenters. The van der Waals surface area contributed by atoms with Crippen molar-refractivity contribution < 1.29 is 24.6 Å². The zero-order chi connectivity index (χ0) is 14.6. The Morgan fingerprint density at radius 1 is 1.32 bits per heavy atom. The van der Waals surface area contributed by atoms with Crippen molar-refractivity contribution >= 4 is 41.0 Å². The van der Waals surface area contributed by atoms with E-state index in [1.807, 2.05) is 5.32 Å². The molecule has 0 saturated heterocycles. The molecule has 0 radical (unpaired) electrons. The zero-order valence-electron chi connectivity index (χ0n) is 9.26. The SMILES string of the molecule is O=C(O)C[C@@H](NC(=O)c1cc(Cl)ncc1Cl)C(=O)O. The van der Waals surface area contributed by atoms with E-state index in [0.717, 1.165) is 12.3 Å². The lowest BCUT2D eigenvalue weighted by Crippen LogP contribution is -2.42. The third-order valence-corrected chi connectivity index (χ3v) is 2.56. The number of nitrogens with zero attached hydrogens (tertiary/aromatic N) is 1. The van der Waals surface area contributed by atoms with E-state index < -0.39 is 30.3 Å². The molecule has 0 aliphatic heterocycles. The zero-order valence-corrected chi connectivity index (χ0v) is 10.8. The highest BCUT2D eigenvalue weighted by atomic mass is 35.5. The van der Waals surface area contributed by atoms with Gasteiger partial charge in [0.25, 0.3) is 5.91 Å². The summed E-state index contributed by atoms with van der Waals surface area (Å²) in [6, 6.07) is -0.410. The second-order valence-corrected chi connectivity index (χ2v) is 4.24. The van der Waals surface area contributed by atoms with E-state index in [4.69, 9.17) is 33.4 Å². The number of nitrogens with one attached hydrogen (secondary N) is 1. The third kappa shape index (κ3) is 4.38. The topological polar surface area (TPSA) is 117 Å². The van der Waals surface area contributed by atoms with E-state index in [-0.39, 0.29) is 15.7 Å². The van der Waals surface area contributed by atoms with Gasteiger partial charge in [-0.25, -0.2) is 9.78 Å². The highest BCUT2D eigenvalue weighted by molar-refractivity contribution is 6.35. The van der Waals surface area contributed by atoms with Crippen LogP contribution in [0.5, 0.6) is 0 Å². The summed E-state index contributed by atoms with van der Waals surface area (Å²) in [7, 11) is 0. The number of pyridine rings is 1. The van der Waals surface area contributed by atoms with Gasteiger partial charge in [0.2, 0.25) is 0 Å². The normalized spacial score (nSPS) is 11.7. The van der Waals surface area contributed by atoms with Crippen LogP contribution in [0.15, 0.2) is 12.3 Å². The first-order chi connectivity index (χ1) is 8.81. The Balaban J connectivity index is 2.90. The highest BCUT2D eigenvalue weighted by Gasteiger charge is 2.24. The van der Waals surface area contributed by atoms with Gasteiger partial charge < -0.3 is 15.5 Å². The summed E-state index contributed by atoms with van der Waals surface area (Å²) in [5.74, 6) is -3.67. The van der Waals surface area contributed by atoms with Crippen LogP contribution < -0.4 is 5.32 Å². The summed E-state index contributed by atoms with van der Waals surface area (Å²) >= 11 is 11.3. The van der Waals surface area contributed by atoms with Crippen LogP contribution in [-0.2, 0) is 9.59 Å². The van der Waals surface area contributed by atoms with Gasteiger partial charge in [0.1, 0.15) is 11.2 Å². The maximum Gasteiger partial charge on any atom is 0.326 e. The standard InChI is InChI=1S/C10H8Cl2N2O5/c11-5-3-13-7(12)1-4(5)9(17)14-6(10(18)19)2-8(15)16/h1,3,6H,2H2,(H,14,17)(H,15,16)(H,18,19)/t6-/m1/s1. The number of carboxylic acids is 2. The van der Waals surface area contributed by atoms with Crippen molar-refractivity contribution in [1.29, 1.82) is 0 Å². The van der Waals surface area contributed by atoms with E-state index in [1.165, 1.54) is 0 Å². The number of carboxylic acid groups (broad SMARTS) is 2. The Kier molecular flexibility index (Phi) is 5.08. The first-order valence-electron chi connectivity index (χ1n) is 4.87. The van der Waals surface area contributed by atoms with Gasteiger partial charge in [0, 0.05) is 6.20 Å². The second-order valence-electron chi connectivity index (χ2n) is 3.45. The van der Waals surface area contributed by atoms with Gasteiger partial charge in [-0.05, 0) is 6.07 Å². The Morgan fingerprint density at radius 3 is 2.47 bits per heavy atom. The molecule has 0 aromatic carbocycles. The van der Waals surface area contributed by atoms with Gasteiger partial charge in [-0.15, -0.1) is 0 Å². The molecule has 1 aromatic rings. The molecule has 1 aromatic heterocycles. The molecule has 7 nitrogen and oxygen atoms in total. The Hall–Kier alpha value is -1.86. The number of rotatable bonds is 5. The molecule has 0 unspecified atom stereocenters. The summed E-state index contributed by atoms with van der Waals surface area (Å²) in [6.07, 6.45) is 0.378. The van der Waals surface area contributed by atoms with Gasteiger partial charge in [0.15, 0.2) is 0 Å². The fourth-order valence-corrected chi connectivity index (χ4v) is 1.54. The van der Waals surface area contributed by atoms with Gasteiger partial charge in [-0.2, -0.15) is 0 Å². The average molecular weight is 307 g/mol. The molecule has 0 aliphatic rings. The van der Waals surface area contributed by atoms with Crippen LogP contribution in [0.4, 0.5) is 0 Å². The average Bonchev–Trinajstić information content (AvgIpc) is 2.30. The number of hydrogen-bond donors (Lipinski definition) is 3. The lowest BCUT2D eigenvalue weighted by Gasteiger charge is -2.13. The van der Waals surface area contributed by atoms with Crippen LogP contribution in [-0.4, -0.2) is 39.1 Å². The predicted octanol–water partition coefficient (Wildman–Crippen LogP) is 1.05. The van der Waals surface area contributed by atoms with Crippen LogP contribution in [0.2, 0.25) is 10.2 Å². The molecule has 0 saturated carbocycles. The van der Waals surface area contributed by atoms with E-state index >= 15 is 0 Å². The number of hydrogen-bond acceptors (Lipinski definition) is 4. The monoisotopic (exact) mass is 306 g/mol. The van der Waals surface area contributed by atoms with Crippen LogP contribution >= 0.6 is 23.2 Å². The van der Waals surface area contributed by atoms with Crippen molar-refractivity contribution in [3.63, 3.8) is 0 Å². The second kappa shape index (κ2) is 6.35. The molecule has 1 heterocycles. The fraction of sp³-hybridized carbons (Fsp3) is 0.200. The highest BCUT2D eigenvalue weighted by Crippen LogP contribution is 2.18. The number of aliphatic carboxylic acids is 2. The summed E-state index contributed by atoms with van der Waals surface area (Å²) < 4.78 is 0. The van der Waals surface area contributed by atoms with Crippen molar-refractivity contribution in [2.45, 2.75) is 12.5 Å². The molecule has 19 heavy (non-hydrogen) atoms. The fourth-order valence-electron chi connectivity index (χ4n) is 1.20. The predicted molar refractivity (Wildman–Crippen MR) is 65.4 cm³/mol. The minimum absolute atomic E-state index is 0.000315. The lowest BCUT2D eigenvalue weighted by molar-refractivity contribution is -0.145. The van der Waals surface area contributed by atoms with Gasteiger partial charge in [0.05, 0.1) is 17.0 Å². The number of amides is 1. The van der Waals surface area contributed by atoms with E-state index in [2.05, 4.69) is 4.98 Å².